The summed E-state index contributed by atoms with van der Waals surface area (Å²) >= 11 is 1.50. The van der Waals surface area contributed by atoms with Crippen LogP contribution in [-0.4, -0.2) is 28.3 Å². The summed E-state index contributed by atoms with van der Waals surface area (Å²) in [6.45, 7) is 0.110. The third-order valence-corrected chi connectivity index (χ3v) is 3.91. The molecule has 1 unspecified atom stereocenters. The molecule has 22 heavy (non-hydrogen) atoms. The number of hydrogen-bond acceptors (Lipinski definition) is 4. The molecule has 1 aromatic carbocycles. The number of nitrogens with zero attached hydrogens (tertiary/aromatic N) is 1. The van der Waals surface area contributed by atoms with Crippen LogP contribution < -0.4 is 5.32 Å². The van der Waals surface area contributed by atoms with E-state index in [1.54, 1.807) is 6.20 Å². The molecular formula is C16H17FN2O2S. The molecule has 0 aliphatic rings. The Morgan fingerprint density at radius 1 is 1.27 bits per heavy atom. The summed E-state index contributed by atoms with van der Waals surface area (Å²) in [5.74, 6) is 0.131. The van der Waals surface area contributed by atoms with Gasteiger partial charge in [0.25, 0.3) is 0 Å². The highest BCUT2D eigenvalue weighted by Gasteiger charge is 2.09. The molecule has 1 aromatic heterocycles. The second kappa shape index (κ2) is 8.51. The predicted molar refractivity (Wildman–Crippen MR) is 83.9 cm³/mol. The number of aliphatic hydroxyl groups is 1. The lowest BCUT2D eigenvalue weighted by Gasteiger charge is -2.12. The molecule has 0 radical (unpaired) electrons. The topological polar surface area (TPSA) is 62.2 Å². The summed E-state index contributed by atoms with van der Waals surface area (Å²) in [5, 5.41) is 13.5. The zero-order chi connectivity index (χ0) is 15.8. The molecule has 0 aliphatic heterocycles. The van der Waals surface area contributed by atoms with Gasteiger partial charge in [0.05, 0.1) is 11.1 Å². The average Bonchev–Trinajstić information content (AvgIpc) is 2.54. The molecule has 1 amide bonds. The minimum atomic E-state index is -0.840. The third-order valence-electron chi connectivity index (χ3n) is 2.96. The molecule has 116 valence electrons. The Hall–Kier alpha value is -1.92. The number of thioether (sulfide) groups is 1. The van der Waals surface area contributed by atoms with Crippen molar-refractivity contribution in [2.45, 2.75) is 17.6 Å². The average molecular weight is 320 g/mol. The number of pyridine rings is 1. The lowest BCUT2D eigenvalue weighted by molar-refractivity contribution is -0.121. The number of carbonyl (C=O) groups excluding carboxylic acids is 1. The Kier molecular flexibility index (Phi) is 6.36. The smallest absolute Gasteiger partial charge is 0.220 e. The van der Waals surface area contributed by atoms with Crippen molar-refractivity contribution in [3.63, 3.8) is 0 Å². The maximum Gasteiger partial charge on any atom is 0.220 e. The molecule has 0 saturated heterocycles. The minimum absolute atomic E-state index is 0.110. The van der Waals surface area contributed by atoms with Crippen molar-refractivity contribution >= 4 is 17.7 Å². The number of aliphatic hydroxyl groups excluding tert-OH is 1. The van der Waals surface area contributed by atoms with Crippen molar-refractivity contribution in [3.8, 4) is 0 Å². The quantitative estimate of drug-likeness (QED) is 0.770. The minimum Gasteiger partial charge on any atom is -0.387 e. The van der Waals surface area contributed by atoms with Gasteiger partial charge in [0.1, 0.15) is 5.82 Å². The summed E-state index contributed by atoms with van der Waals surface area (Å²) < 4.78 is 12.8. The second-order valence-corrected chi connectivity index (χ2v) is 5.75. The van der Waals surface area contributed by atoms with Crippen LogP contribution in [-0.2, 0) is 4.79 Å². The maximum atomic E-state index is 12.8. The van der Waals surface area contributed by atoms with Crippen LogP contribution in [0.1, 0.15) is 18.1 Å². The fraction of sp³-hybridized carbons (Fsp3) is 0.250. The highest BCUT2D eigenvalue weighted by atomic mass is 32.2. The first-order valence-electron chi connectivity index (χ1n) is 6.89. The lowest BCUT2D eigenvalue weighted by Crippen LogP contribution is -2.28. The zero-order valence-electron chi connectivity index (χ0n) is 11.9. The Morgan fingerprint density at radius 3 is 2.73 bits per heavy atom. The Balaban J connectivity index is 1.68. The molecule has 2 rings (SSSR count). The van der Waals surface area contributed by atoms with Gasteiger partial charge in [-0.3, -0.25) is 4.79 Å². The Labute approximate surface area is 132 Å². The van der Waals surface area contributed by atoms with Gasteiger partial charge in [-0.1, -0.05) is 18.2 Å². The molecule has 6 heteroatoms. The summed E-state index contributed by atoms with van der Waals surface area (Å²) in [6.07, 6.45) is 1.21. The van der Waals surface area contributed by atoms with Crippen LogP contribution >= 0.6 is 11.8 Å². The van der Waals surface area contributed by atoms with E-state index in [9.17, 15) is 14.3 Å². The molecule has 0 aliphatic carbocycles. The monoisotopic (exact) mass is 320 g/mol. The van der Waals surface area contributed by atoms with Gasteiger partial charge in [-0.25, -0.2) is 9.37 Å². The first-order chi connectivity index (χ1) is 10.6. The number of hydrogen-bond donors (Lipinski definition) is 2. The van der Waals surface area contributed by atoms with E-state index < -0.39 is 6.10 Å². The van der Waals surface area contributed by atoms with Gasteiger partial charge in [0.2, 0.25) is 5.91 Å². The largest absolute Gasteiger partial charge is 0.387 e. The van der Waals surface area contributed by atoms with Gasteiger partial charge in [-0.05, 0) is 29.8 Å². The number of benzene rings is 1. The van der Waals surface area contributed by atoms with E-state index in [2.05, 4.69) is 10.3 Å². The van der Waals surface area contributed by atoms with Crippen molar-refractivity contribution in [2.24, 2.45) is 0 Å². The number of rotatable bonds is 7. The standard InChI is InChI=1S/C16H17FN2O2S/c17-13-6-4-12(5-7-13)14(20)11-19-15(21)8-10-22-16-3-1-2-9-18-16/h1-7,9,14,20H,8,10-11H2,(H,19,21). The molecule has 0 saturated carbocycles. The van der Waals surface area contributed by atoms with E-state index in [-0.39, 0.29) is 18.3 Å². The van der Waals surface area contributed by atoms with Gasteiger partial charge >= 0.3 is 0 Å². The highest BCUT2D eigenvalue weighted by Crippen LogP contribution is 2.15. The van der Waals surface area contributed by atoms with E-state index in [4.69, 9.17) is 0 Å². The van der Waals surface area contributed by atoms with Gasteiger partial charge in [0, 0.05) is 24.9 Å². The Bertz CT molecular complexity index is 593. The van der Waals surface area contributed by atoms with Crippen molar-refractivity contribution in [1.82, 2.24) is 10.3 Å². The van der Waals surface area contributed by atoms with Crippen molar-refractivity contribution in [2.75, 3.05) is 12.3 Å². The van der Waals surface area contributed by atoms with Crippen LogP contribution in [0, 0.1) is 5.82 Å². The molecule has 1 heterocycles. The SMILES string of the molecule is O=C(CCSc1ccccn1)NCC(O)c1ccc(F)cc1. The fourth-order valence-electron chi connectivity index (χ4n) is 1.78. The van der Waals surface area contributed by atoms with E-state index in [0.717, 1.165) is 5.03 Å². The van der Waals surface area contributed by atoms with E-state index in [1.807, 2.05) is 18.2 Å². The van der Waals surface area contributed by atoms with Crippen LogP contribution in [0.25, 0.3) is 0 Å². The lowest BCUT2D eigenvalue weighted by atomic mass is 10.1. The van der Waals surface area contributed by atoms with Crippen molar-refractivity contribution in [1.29, 1.82) is 0 Å². The number of amides is 1. The van der Waals surface area contributed by atoms with Crippen molar-refractivity contribution < 1.29 is 14.3 Å². The van der Waals surface area contributed by atoms with Crippen LogP contribution in [0.5, 0.6) is 0 Å². The van der Waals surface area contributed by atoms with Gasteiger partial charge in [-0.2, -0.15) is 0 Å². The van der Waals surface area contributed by atoms with Gasteiger partial charge in [-0.15, -0.1) is 11.8 Å². The van der Waals surface area contributed by atoms with E-state index in [0.29, 0.717) is 17.7 Å². The fourth-order valence-corrected chi connectivity index (χ4v) is 2.59. The predicted octanol–water partition coefficient (Wildman–Crippen LogP) is 2.55. The summed E-state index contributed by atoms with van der Waals surface area (Å²) in [5.41, 5.74) is 0.574. The highest BCUT2D eigenvalue weighted by molar-refractivity contribution is 7.99. The van der Waals surface area contributed by atoms with Crippen LogP contribution in [0.3, 0.4) is 0 Å². The summed E-state index contributed by atoms with van der Waals surface area (Å²) in [7, 11) is 0. The molecular weight excluding hydrogens is 303 g/mol. The third kappa shape index (κ3) is 5.46. The van der Waals surface area contributed by atoms with Gasteiger partial charge < -0.3 is 10.4 Å². The first-order valence-corrected chi connectivity index (χ1v) is 7.88. The normalized spacial score (nSPS) is 11.9. The summed E-state index contributed by atoms with van der Waals surface area (Å²) in [4.78, 5) is 15.9. The molecule has 0 bridgehead atoms. The number of carbonyl (C=O) groups is 1. The maximum absolute atomic E-state index is 12.8. The van der Waals surface area contributed by atoms with Crippen LogP contribution in [0.2, 0.25) is 0 Å². The number of aromatic nitrogens is 1. The van der Waals surface area contributed by atoms with Crippen LogP contribution in [0.15, 0.2) is 53.7 Å². The Morgan fingerprint density at radius 2 is 2.05 bits per heavy atom. The molecule has 0 fully saturated rings. The molecule has 0 spiro atoms. The molecule has 1 atom stereocenters. The zero-order valence-corrected chi connectivity index (χ0v) is 12.7. The van der Waals surface area contributed by atoms with Crippen molar-refractivity contribution in [3.05, 3.63) is 60.0 Å². The van der Waals surface area contributed by atoms with Gasteiger partial charge in [0.15, 0.2) is 0 Å². The summed E-state index contributed by atoms with van der Waals surface area (Å²) in [6, 6.07) is 11.2. The van der Waals surface area contributed by atoms with E-state index >= 15 is 0 Å². The van der Waals surface area contributed by atoms with Crippen LogP contribution in [0.4, 0.5) is 4.39 Å². The molecule has 2 aromatic rings. The second-order valence-electron chi connectivity index (χ2n) is 4.64. The first kappa shape index (κ1) is 16.5. The molecule has 2 N–H and O–H groups in total. The molecule has 4 nitrogen and oxygen atoms in total. The number of nitrogens with one attached hydrogen (secondary N) is 1. The number of halogens is 1. The van der Waals surface area contributed by atoms with E-state index in [1.165, 1.54) is 36.0 Å².